The van der Waals surface area contributed by atoms with Crippen molar-refractivity contribution < 1.29 is 24.5 Å². The number of rotatable bonds is 3. The molecule has 1 aromatic rings. The van der Waals surface area contributed by atoms with Crippen LogP contribution in [0.25, 0.3) is 0 Å². The molecule has 0 amide bonds. The van der Waals surface area contributed by atoms with Crippen molar-refractivity contribution in [3.8, 4) is 5.75 Å². The minimum atomic E-state index is -1.26. The van der Waals surface area contributed by atoms with Crippen LogP contribution in [0.5, 0.6) is 5.75 Å². The van der Waals surface area contributed by atoms with Gasteiger partial charge in [0.2, 0.25) is 0 Å². The van der Waals surface area contributed by atoms with E-state index in [1.54, 1.807) is 7.11 Å². The molecule has 142 valence electrons. The zero-order valence-electron chi connectivity index (χ0n) is 15.2. The van der Waals surface area contributed by atoms with Crippen LogP contribution in [-0.4, -0.2) is 61.0 Å². The van der Waals surface area contributed by atoms with Crippen LogP contribution in [-0.2, 0) is 15.0 Å². The van der Waals surface area contributed by atoms with Gasteiger partial charge in [-0.05, 0) is 47.1 Å². The third-order valence-electron chi connectivity index (χ3n) is 4.95. The number of carbonyl (C=O) groups is 2. The lowest BCUT2D eigenvalue weighted by Crippen LogP contribution is -2.45. The summed E-state index contributed by atoms with van der Waals surface area (Å²) < 4.78 is 6.54. The van der Waals surface area contributed by atoms with Gasteiger partial charge < -0.3 is 19.8 Å². The van der Waals surface area contributed by atoms with Gasteiger partial charge in [0.25, 0.3) is 0 Å². The van der Waals surface area contributed by atoms with Crippen LogP contribution in [0.3, 0.4) is 0 Å². The van der Waals surface area contributed by atoms with Crippen molar-refractivity contribution in [2.45, 2.75) is 24.9 Å². The van der Waals surface area contributed by atoms with Gasteiger partial charge in [0, 0.05) is 35.6 Å². The van der Waals surface area contributed by atoms with E-state index in [-0.39, 0.29) is 5.41 Å². The summed E-state index contributed by atoms with van der Waals surface area (Å²) in [6.07, 6.45) is 2.77. The number of carboxylic acids is 2. The molecular weight excluding hydrogens is 404 g/mol. The normalized spacial score (nSPS) is 24.0. The van der Waals surface area contributed by atoms with E-state index in [4.69, 9.17) is 14.9 Å². The summed E-state index contributed by atoms with van der Waals surface area (Å²) in [6, 6.07) is 4.26. The van der Waals surface area contributed by atoms with Gasteiger partial charge in [-0.1, -0.05) is 6.92 Å². The number of hydrogen-bond acceptors (Lipinski definition) is 5. The first-order valence-corrected chi connectivity index (χ1v) is 8.86. The topological polar surface area (TPSA) is 90.3 Å². The van der Waals surface area contributed by atoms with E-state index in [0.717, 1.165) is 16.8 Å². The molecule has 2 N–H and O–H groups in total. The number of carboxylic acid groups (broad SMARTS) is 2. The van der Waals surface area contributed by atoms with Crippen molar-refractivity contribution in [1.82, 2.24) is 4.90 Å². The third kappa shape index (κ3) is 3.71. The minimum absolute atomic E-state index is 0.204. The maximum absolute atomic E-state index is 9.55. The van der Waals surface area contributed by atoms with Gasteiger partial charge in [-0.3, -0.25) is 4.90 Å². The molecule has 2 heterocycles. The van der Waals surface area contributed by atoms with Gasteiger partial charge in [0.1, 0.15) is 5.75 Å². The zero-order valence-corrected chi connectivity index (χ0v) is 16.8. The Labute approximate surface area is 161 Å². The molecule has 0 unspecified atom stereocenters. The number of fused-ring (bicyclic) bond motifs is 3. The highest BCUT2D eigenvalue weighted by Gasteiger charge is 2.52. The fraction of sp³-hybridized carbons (Fsp3) is 0.444. The Bertz CT molecular complexity index is 735. The molecule has 0 saturated carbocycles. The summed E-state index contributed by atoms with van der Waals surface area (Å²) in [4.78, 5) is 23.9. The molecule has 2 aliphatic heterocycles. The van der Waals surface area contributed by atoms with Gasteiger partial charge >= 0.3 is 11.9 Å². The molecule has 26 heavy (non-hydrogen) atoms. The average molecular weight is 427 g/mol. The van der Waals surface area contributed by atoms with Crippen molar-refractivity contribution in [3.05, 3.63) is 34.3 Å². The van der Waals surface area contributed by atoms with Gasteiger partial charge in [-0.15, -0.1) is 0 Å². The third-order valence-corrected chi connectivity index (χ3v) is 5.55. The van der Waals surface area contributed by atoms with E-state index in [0.29, 0.717) is 18.3 Å². The molecule has 2 atom stereocenters. The highest BCUT2D eigenvalue weighted by molar-refractivity contribution is 9.10. The van der Waals surface area contributed by atoms with Gasteiger partial charge in [0.15, 0.2) is 0 Å². The molecule has 0 radical (unpaired) electrons. The summed E-state index contributed by atoms with van der Waals surface area (Å²) in [5.74, 6) is -1.58. The smallest absolute Gasteiger partial charge is 0.328 e. The van der Waals surface area contributed by atoms with Crippen LogP contribution < -0.4 is 9.64 Å². The number of likely N-dealkylation sites (tertiary alicyclic amines) is 1. The Hall–Kier alpha value is -2.06. The average Bonchev–Trinajstić information content (AvgIpc) is 2.99. The second-order valence-corrected chi connectivity index (χ2v) is 7.50. The Morgan fingerprint density at radius 3 is 2.35 bits per heavy atom. The van der Waals surface area contributed by atoms with Crippen LogP contribution in [0.1, 0.15) is 18.9 Å². The van der Waals surface area contributed by atoms with Gasteiger partial charge in [-0.25, -0.2) is 9.59 Å². The fourth-order valence-corrected chi connectivity index (χ4v) is 4.61. The molecule has 3 rings (SSSR count). The molecule has 2 aliphatic rings. The number of hydrogen-bond donors (Lipinski definition) is 2. The number of aliphatic carboxylic acids is 2. The van der Waals surface area contributed by atoms with Crippen molar-refractivity contribution in [3.63, 3.8) is 0 Å². The lowest BCUT2D eigenvalue weighted by Gasteiger charge is -2.32. The standard InChI is InChI=1S/C14H19BrN2O.C4H4O4/c1-14-5-6-16(2)13(14)17(3)12-10(14)7-9(18-4)8-11(12)15;5-3(6)1-2-4(7)8/h7-8,13H,5-6H2,1-4H3;1-2H,(H,5,6)(H,7,8)/t13-,14+;/m1./s1. The molecule has 0 aromatic heterocycles. The monoisotopic (exact) mass is 426 g/mol. The summed E-state index contributed by atoms with van der Waals surface area (Å²) in [6.45, 7) is 3.52. The summed E-state index contributed by atoms with van der Waals surface area (Å²) in [5, 5.41) is 15.6. The molecule has 7 nitrogen and oxygen atoms in total. The Kier molecular flexibility index (Phi) is 5.98. The predicted octanol–water partition coefficient (Wildman–Crippen LogP) is 2.54. The Balaban J connectivity index is 0.000000260. The highest BCUT2D eigenvalue weighted by Crippen LogP contribution is 2.54. The van der Waals surface area contributed by atoms with E-state index in [2.05, 4.69) is 58.9 Å². The number of halogens is 1. The van der Waals surface area contributed by atoms with Crippen molar-refractivity contribution in [2.75, 3.05) is 32.6 Å². The first-order valence-electron chi connectivity index (χ1n) is 8.07. The number of benzene rings is 1. The Morgan fingerprint density at radius 2 is 1.85 bits per heavy atom. The van der Waals surface area contributed by atoms with Crippen LogP contribution in [0.4, 0.5) is 5.69 Å². The van der Waals surface area contributed by atoms with E-state index in [1.165, 1.54) is 17.7 Å². The maximum atomic E-state index is 9.55. The first kappa shape index (κ1) is 20.3. The van der Waals surface area contributed by atoms with Gasteiger partial charge in [0.05, 0.1) is 19.0 Å². The fourth-order valence-electron chi connectivity index (χ4n) is 3.89. The largest absolute Gasteiger partial charge is 0.497 e. The molecule has 8 heteroatoms. The van der Waals surface area contributed by atoms with Gasteiger partial charge in [-0.2, -0.15) is 0 Å². The molecular formula is C18H23BrN2O5. The minimum Gasteiger partial charge on any atom is -0.497 e. The lowest BCUT2D eigenvalue weighted by atomic mass is 9.81. The molecule has 0 aliphatic carbocycles. The number of anilines is 1. The summed E-state index contributed by atoms with van der Waals surface area (Å²) in [5.41, 5.74) is 2.93. The van der Waals surface area contributed by atoms with Crippen molar-refractivity contribution in [2.24, 2.45) is 0 Å². The quantitative estimate of drug-likeness (QED) is 0.717. The zero-order chi connectivity index (χ0) is 19.6. The number of methoxy groups -OCH3 is 1. The van der Waals surface area contributed by atoms with E-state index in [1.807, 2.05) is 0 Å². The second-order valence-electron chi connectivity index (χ2n) is 6.65. The second kappa shape index (κ2) is 7.67. The van der Waals surface area contributed by atoms with Crippen LogP contribution >= 0.6 is 15.9 Å². The van der Waals surface area contributed by atoms with E-state index in [9.17, 15) is 9.59 Å². The first-order chi connectivity index (χ1) is 12.1. The number of likely N-dealkylation sites (N-methyl/N-ethyl adjacent to an activating group) is 2. The summed E-state index contributed by atoms with van der Waals surface area (Å²) in [7, 11) is 6.13. The van der Waals surface area contributed by atoms with Crippen LogP contribution in [0.15, 0.2) is 28.8 Å². The molecule has 1 fully saturated rings. The van der Waals surface area contributed by atoms with E-state index < -0.39 is 11.9 Å². The molecule has 1 saturated heterocycles. The van der Waals surface area contributed by atoms with Crippen LogP contribution in [0, 0.1) is 0 Å². The highest BCUT2D eigenvalue weighted by atomic mass is 79.9. The number of ether oxygens (including phenoxy) is 1. The maximum Gasteiger partial charge on any atom is 0.328 e. The Morgan fingerprint density at radius 1 is 1.27 bits per heavy atom. The van der Waals surface area contributed by atoms with Crippen molar-refractivity contribution >= 4 is 33.6 Å². The van der Waals surface area contributed by atoms with Crippen molar-refractivity contribution in [1.29, 1.82) is 0 Å². The molecule has 0 bridgehead atoms. The molecule has 1 aromatic carbocycles. The molecule has 0 spiro atoms. The predicted molar refractivity (Wildman–Crippen MR) is 102 cm³/mol. The lowest BCUT2D eigenvalue weighted by molar-refractivity contribution is -0.134. The number of nitrogens with zero attached hydrogens (tertiary/aromatic N) is 2. The summed E-state index contributed by atoms with van der Waals surface area (Å²) >= 11 is 3.69. The SMILES string of the molecule is COc1cc(Br)c2c(c1)[C@]1(C)CCN(C)[C@@H]1N2C.O=C(O)C=CC(=O)O. The van der Waals surface area contributed by atoms with Crippen LogP contribution in [0.2, 0.25) is 0 Å². The van der Waals surface area contributed by atoms with E-state index >= 15 is 0 Å².